The van der Waals surface area contributed by atoms with E-state index in [2.05, 4.69) is 25.6 Å². The van der Waals surface area contributed by atoms with Gasteiger partial charge in [0.1, 0.15) is 0 Å². The highest BCUT2D eigenvalue weighted by molar-refractivity contribution is 6.28. The number of nitrogens with zero attached hydrogens (tertiary/aromatic N) is 3. The molecule has 0 fully saturated rings. The van der Waals surface area contributed by atoms with Crippen molar-refractivity contribution in [1.82, 2.24) is 15.0 Å². The Bertz CT molecular complexity index is 334. The van der Waals surface area contributed by atoms with E-state index in [4.69, 9.17) is 11.6 Å². The summed E-state index contributed by atoms with van der Waals surface area (Å²) in [6, 6.07) is 0. The summed E-state index contributed by atoms with van der Waals surface area (Å²) < 4.78 is 0. The third-order valence-corrected chi connectivity index (χ3v) is 1.60. The van der Waals surface area contributed by atoms with Gasteiger partial charge in [0.15, 0.2) is 0 Å². The lowest BCUT2D eigenvalue weighted by Gasteiger charge is -2.20. The third kappa shape index (κ3) is 4.29. The summed E-state index contributed by atoms with van der Waals surface area (Å²) in [6.07, 6.45) is 0. The van der Waals surface area contributed by atoms with E-state index in [-0.39, 0.29) is 10.8 Å². The van der Waals surface area contributed by atoms with Crippen LogP contribution in [0.25, 0.3) is 0 Å². The summed E-state index contributed by atoms with van der Waals surface area (Å²) in [6.45, 7) is 8.79. The normalized spacial score (nSPS) is 11.3. The lowest BCUT2D eigenvalue weighted by atomic mass is 10.1. The third-order valence-electron chi connectivity index (χ3n) is 1.43. The van der Waals surface area contributed by atoms with Gasteiger partial charge in [-0.2, -0.15) is 15.0 Å². The van der Waals surface area contributed by atoms with E-state index in [0.717, 1.165) is 6.54 Å². The van der Waals surface area contributed by atoms with E-state index in [1.54, 1.807) is 0 Å². The molecule has 0 aromatic carbocycles. The molecule has 1 heterocycles. The molecule has 1 rings (SSSR count). The van der Waals surface area contributed by atoms with Crippen molar-refractivity contribution in [2.45, 2.75) is 33.2 Å². The fourth-order valence-corrected chi connectivity index (χ4v) is 1.14. The van der Waals surface area contributed by atoms with E-state index in [1.807, 2.05) is 27.7 Å². The first-order valence-corrected chi connectivity index (χ1v) is 5.22. The molecule has 0 aliphatic carbocycles. The Kier molecular flexibility index (Phi) is 3.68. The molecule has 0 aliphatic rings. The van der Waals surface area contributed by atoms with Gasteiger partial charge in [-0.15, -0.1) is 0 Å². The maximum atomic E-state index is 5.77. The molecule has 5 nitrogen and oxygen atoms in total. The number of rotatable bonds is 3. The molecule has 1 aromatic heterocycles. The van der Waals surface area contributed by atoms with Crippen LogP contribution < -0.4 is 10.6 Å². The van der Waals surface area contributed by atoms with Crippen LogP contribution in [0, 0.1) is 0 Å². The highest BCUT2D eigenvalue weighted by atomic mass is 35.5. The number of anilines is 2. The van der Waals surface area contributed by atoms with E-state index in [0.29, 0.717) is 11.9 Å². The highest BCUT2D eigenvalue weighted by Crippen LogP contribution is 2.13. The number of hydrogen-bond acceptors (Lipinski definition) is 5. The predicted octanol–water partition coefficient (Wildman–Crippen LogP) is 2.17. The molecule has 0 spiro atoms. The molecule has 0 radical (unpaired) electrons. The standard InChI is InChI=1S/C9H16ClN5/c1-5-11-7-12-6(10)13-8(14-7)15-9(2,3)4/h5H2,1-4H3,(H2,11,12,13,14,15)/i5+1,6+1,7+1,8+1. The molecule has 0 bridgehead atoms. The van der Waals surface area contributed by atoms with Gasteiger partial charge in [-0.1, -0.05) is 0 Å². The van der Waals surface area contributed by atoms with Crippen LogP contribution in [0.1, 0.15) is 27.7 Å². The Morgan fingerprint density at radius 1 is 1.13 bits per heavy atom. The van der Waals surface area contributed by atoms with E-state index in [9.17, 15) is 0 Å². The summed E-state index contributed by atoms with van der Waals surface area (Å²) in [5, 5.41) is 6.31. The molecule has 2 N–H and O–H groups in total. The average molecular weight is 234 g/mol. The van der Waals surface area contributed by atoms with Crippen molar-refractivity contribution in [2.75, 3.05) is 17.2 Å². The Balaban J connectivity index is 2.88. The predicted molar refractivity (Wildman–Crippen MR) is 62.4 cm³/mol. The molecule has 0 atom stereocenters. The van der Waals surface area contributed by atoms with Crippen molar-refractivity contribution in [1.29, 1.82) is 0 Å². The van der Waals surface area contributed by atoms with Gasteiger partial charge in [0, 0.05) is 12.1 Å². The minimum absolute atomic E-state index is 0.103. The first kappa shape index (κ1) is 12.0. The smallest absolute Gasteiger partial charge is 0.229 e. The van der Waals surface area contributed by atoms with Crippen molar-refractivity contribution >= 4 is 23.5 Å². The summed E-state index contributed by atoms with van der Waals surface area (Å²) in [7, 11) is 0. The second kappa shape index (κ2) is 4.61. The van der Waals surface area contributed by atoms with Crippen molar-refractivity contribution in [3.8, 4) is 0 Å². The molecule has 0 aliphatic heterocycles. The van der Waals surface area contributed by atoms with E-state index in [1.165, 1.54) is 0 Å². The highest BCUT2D eigenvalue weighted by Gasteiger charge is 2.12. The zero-order valence-corrected chi connectivity index (χ0v) is 10.2. The van der Waals surface area contributed by atoms with Crippen LogP contribution in [-0.4, -0.2) is 27.0 Å². The second-order valence-corrected chi connectivity index (χ2v) is 4.50. The fraction of sp³-hybridized carbons (Fsp3) is 0.667. The van der Waals surface area contributed by atoms with Crippen LogP contribution in [0.15, 0.2) is 0 Å². The van der Waals surface area contributed by atoms with Gasteiger partial charge in [0.25, 0.3) is 0 Å². The topological polar surface area (TPSA) is 62.7 Å². The Morgan fingerprint density at radius 3 is 2.27 bits per heavy atom. The summed E-state index contributed by atoms with van der Waals surface area (Å²) in [5.41, 5.74) is -0.103. The van der Waals surface area contributed by atoms with Crippen LogP contribution in [0.5, 0.6) is 0 Å². The lowest BCUT2D eigenvalue weighted by Crippen LogP contribution is -2.27. The number of aromatic nitrogens is 3. The number of nitrogens with one attached hydrogen (secondary N) is 2. The Morgan fingerprint density at radius 2 is 1.73 bits per heavy atom. The van der Waals surface area contributed by atoms with Gasteiger partial charge < -0.3 is 10.6 Å². The molecular weight excluding hydrogens is 218 g/mol. The largest absolute Gasteiger partial charge is 0.354 e. The van der Waals surface area contributed by atoms with Crippen molar-refractivity contribution < 1.29 is 0 Å². The fourth-order valence-electron chi connectivity index (χ4n) is 0.979. The molecule has 1 aromatic rings. The molecule has 0 unspecified atom stereocenters. The minimum Gasteiger partial charge on any atom is -0.354 e. The molecule has 6 heteroatoms. The molecule has 0 amide bonds. The lowest BCUT2D eigenvalue weighted by molar-refractivity contribution is 0.625. The maximum Gasteiger partial charge on any atom is 0.229 e. The zero-order chi connectivity index (χ0) is 11.5. The number of halogens is 1. The zero-order valence-electron chi connectivity index (χ0n) is 9.43. The Hall–Kier alpha value is -1.10. The summed E-state index contributed by atoms with van der Waals surface area (Å²) in [4.78, 5) is 12.1. The van der Waals surface area contributed by atoms with E-state index >= 15 is 0 Å². The van der Waals surface area contributed by atoms with Crippen LogP contribution in [0.4, 0.5) is 11.9 Å². The van der Waals surface area contributed by atoms with Gasteiger partial charge in [-0.05, 0) is 39.3 Å². The summed E-state index contributed by atoms with van der Waals surface area (Å²) >= 11 is 5.77. The van der Waals surface area contributed by atoms with Gasteiger partial charge in [0.2, 0.25) is 17.2 Å². The molecular formula is C9H16ClN5. The van der Waals surface area contributed by atoms with Crippen LogP contribution in [0.2, 0.25) is 5.28 Å². The monoisotopic (exact) mass is 233 g/mol. The molecule has 84 valence electrons. The SMILES string of the molecule is C[13CH2]N[13c]1n[13c](Cl)n[13c](NC(C)(C)C)n1. The average Bonchev–Trinajstić information content (AvgIpc) is 1.99. The number of hydrogen-bond donors (Lipinski definition) is 2. The Labute approximate surface area is 94.7 Å². The molecule has 15 heavy (non-hydrogen) atoms. The van der Waals surface area contributed by atoms with Crippen molar-refractivity contribution in [3.63, 3.8) is 0 Å². The first-order chi connectivity index (χ1) is 6.90. The minimum atomic E-state index is -0.103. The molecule has 0 saturated heterocycles. The van der Waals surface area contributed by atoms with Gasteiger partial charge >= 0.3 is 0 Å². The quantitative estimate of drug-likeness (QED) is 0.784. The van der Waals surface area contributed by atoms with Crippen LogP contribution in [-0.2, 0) is 0 Å². The van der Waals surface area contributed by atoms with Crippen molar-refractivity contribution in [2.24, 2.45) is 0 Å². The van der Waals surface area contributed by atoms with Crippen LogP contribution >= 0.6 is 11.6 Å². The van der Waals surface area contributed by atoms with Gasteiger partial charge in [-0.3, -0.25) is 0 Å². The maximum absolute atomic E-state index is 5.77. The molecule has 0 saturated carbocycles. The van der Waals surface area contributed by atoms with Crippen LogP contribution in [0.3, 0.4) is 0 Å². The second-order valence-electron chi connectivity index (χ2n) is 4.16. The van der Waals surface area contributed by atoms with Gasteiger partial charge in [-0.25, -0.2) is 0 Å². The van der Waals surface area contributed by atoms with E-state index < -0.39 is 0 Å². The summed E-state index contributed by atoms with van der Waals surface area (Å²) in [5.74, 6) is 0.975. The first-order valence-electron chi connectivity index (χ1n) is 4.84. The van der Waals surface area contributed by atoms with Gasteiger partial charge in [0.05, 0.1) is 0 Å². The van der Waals surface area contributed by atoms with Crippen molar-refractivity contribution in [3.05, 3.63) is 5.28 Å².